The van der Waals surface area contributed by atoms with Crippen molar-refractivity contribution in [3.05, 3.63) is 28.0 Å². The molecule has 1 aliphatic rings. The van der Waals surface area contributed by atoms with E-state index in [0.717, 1.165) is 20.8 Å². The fourth-order valence-corrected chi connectivity index (χ4v) is 2.91. The van der Waals surface area contributed by atoms with Crippen LogP contribution in [0.2, 0.25) is 5.02 Å². The smallest absolute Gasteiger partial charge is 0.178 e. The number of fused-ring (bicyclic) bond motifs is 1. The van der Waals surface area contributed by atoms with E-state index in [1.54, 1.807) is 0 Å². The Balaban J connectivity index is 2.32. The number of H-pyrrole nitrogens is 1. The predicted molar refractivity (Wildman–Crippen MR) is 69.6 cm³/mol. The third kappa shape index (κ3) is 1.35. The highest BCUT2D eigenvalue weighted by atomic mass is 35.5. The summed E-state index contributed by atoms with van der Waals surface area (Å²) in [5, 5.41) is 0.771. The molecule has 1 unspecified atom stereocenters. The minimum absolute atomic E-state index is 0.340. The Kier molecular flexibility index (Phi) is 2.01. The molecule has 1 heterocycles. The maximum absolute atomic E-state index is 6.25. The molecule has 1 N–H and O–H groups in total. The Morgan fingerprint density at radius 1 is 1.50 bits per heavy atom. The minimum Gasteiger partial charge on any atom is -0.331 e. The zero-order valence-electron chi connectivity index (χ0n) is 9.25. The van der Waals surface area contributed by atoms with Gasteiger partial charge in [-0.05, 0) is 36.2 Å². The molecule has 1 aromatic heterocycles. The van der Waals surface area contributed by atoms with Crippen LogP contribution in [-0.4, -0.2) is 9.55 Å². The van der Waals surface area contributed by atoms with E-state index in [4.69, 9.17) is 23.8 Å². The van der Waals surface area contributed by atoms with Crippen molar-refractivity contribution in [2.24, 2.45) is 5.41 Å². The Bertz CT molecular complexity index is 623. The van der Waals surface area contributed by atoms with E-state index < -0.39 is 0 Å². The van der Waals surface area contributed by atoms with Crippen molar-refractivity contribution in [1.29, 1.82) is 0 Å². The maximum Gasteiger partial charge on any atom is 0.178 e. The molecule has 0 spiro atoms. The number of hydrogen-bond acceptors (Lipinski definition) is 1. The highest BCUT2D eigenvalue weighted by Gasteiger charge is 2.48. The average Bonchev–Trinajstić information content (AvgIpc) is 2.67. The van der Waals surface area contributed by atoms with Crippen molar-refractivity contribution in [2.45, 2.75) is 26.3 Å². The lowest BCUT2D eigenvalue weighted by Crippen LogP contribution is -2.00. The van der Waals surface area contributed by atoms with Crippen LogP contribution in [0, 0.1) is 10.2 Å². The molecule has 3 rings (SSSR count). The molecule has 4 heteroatoms. The Hall–Kier alpha value is -0.800. The van der Waals surface area contributed by atoms with Crippen molar-refractivity contribution in [1.82, 2.24) is 9.55 Å². The van der Waals surface area contributed by atoms with Crippen LogP contribution in [0.1, 0.15) is 26.3 Å². The van der Waals surface area contributed by atoms with Gasteiger partial charge in [0, 0.05) is 6.04 Å². The molecule has 16 heavy (non-hydrogen) atoms. The van der Waals surface area contributed by atoms with Crippen LogP contribution < -0.4 is 0 Å². The van der Waals surface area contributed by atoms with Gasteiger partial charge in [0.25, 0.3) is 0 Å². The molecule has 84 valence electrons. The lowest BCUT2D eigenvalue weighted by molar-refractivity contribution is 0.546. The van der Waals surface area contributed by atoms with Gasteiger partial charge in [-0.1, -0.05) is 31.5 Å². The number of aromatic nitrogens is 2. The van der Waals surface area contributed by atoms with Crippen LogP contribution in [0.3, 0.4) is 0 Å². The minimum atomic E-state index is 0.340. The van der Waals surface area contributed by atoms with Crippen LogP contribution >= 0.6 is 23.8 Å². The van der Waals surface area contributed by atoms with E-state index in [0.29, 0.717) is 11.5 Å². The van der Waals surface area contributed by atoms with Crippen LogP contribution in [0.4, 0.5) is 0 Å². The van der Waals surface area contributed by atoms with Gasteiger partial charge in [-0.15, -0.1) is 0 Å². The van der Waals surface area contributed by atoms with Gasteiger partial charge in [-0.2, -0.15) is 0 Å². The van der Waals surface area contributed by atoms with Gasteiger partial charge < -0.3 is 9.55 Å². The third-order valence-electron chi connectivity index (χ3n) is 3.46. The Labute approximate surface area is 104 Å². The molecular weight excluding hydrogens is 240 g/mol. The lowest BCUT2D eigenvalue weighted by Gasteiger charge is -2.07. The molecule has 2 aromatic rings. The quantitative estimate of drug-likeness (QED) is 0.750. The van der Waals surface area contributed by atoms with E-state index >= 15 is 0 Å². The first-order chi connectivity index (χ1) is 7.50. The zero-order chi connectivity index (χ0) is 11.5. The summed E-state index contributed by atoms with van der Waals surface area (Å²) in [6.45, 7) is 4.52. The third-order valence-corrected chi connectivity index (χ3v) is 4.06. The summed E-state index contributed by atoms with van der Waals surface area (Å²) in [7, 11) is 0. The number of imidazole rings is 1. The lowest BCUT2D eigenvalue weighted by atomic mass is 10.2. The van der Waals surface area contributed by atoms with E-state index in [1.807, 2.05) is 18.2 Å². The standard InChI is InChI=1S/C12H13ClN2S/c1-12(2)6-9(12)15-10-7(13)4-3-5-8(10)14-11(15)16/h3-5,9H,6H2,1-2H3,(H,14,16). The number of benzene rings is 1. The van der Waals surface area contributed by atoms with Crippen LogP contribution in [0.25, 0.3) is 11.0 Å². The summed E-state index contributed by atoms with van der Waals surface area (Å²) < 4.78 is 2.95. The number of nitrogens with one attached hydrogen (secondary N) is 1. The molecule has 0 amide bonds. The van der Waals surface area contributed by atoms with E-state index in [-0.39, 0.29) is 0 Å². The van der Waals surface area contributed by atoms with Gasteiger partial charge in [0.05, 0.1) is 16.1 Å². The van der Waals surface area contributed by atoms with Crippen molar-refractivity contribution in [3.8, 4) is 0 Å². The van der Waals surface area contributed by atoms with E-state index in [9.17, 15) is 0 Å². The van der Waals surface area contributed by atoms with E-state index in [1.165, 1.54) is 6.42 Å². The largest absolute Gasteiger partial charge is 0.331 e. The SMILES string of the molecule is CC1(C)CC1n1c(=S)[nH]c2cccc(Cl)c21. The van der Waals surface area contributed by atoms with Gasteiger partial charge >= 0.3 is 0 Å². The molecule has 0 radical (unpaired) electrons. The molecule has 0 saturated heterocycles. The summed E-state index contributed by atoms with van der Waals surface area (Å²) in [6, 6.07) is 6.35. The zero-order valence-corrected chi connectivity index (χ0v) is 10.8. The van der Waals surface area contributed by atoms with Crippen molar-refractivity contribution >= 4 is 34.9 Å². The van der Waals surface area contributed by atoms with Gasteiger partial charge in [0.1, 0.15) is 0 Å². The molecule has 2 nitrogen and oxygen atoms in total. The second kappa shape index (κ2) is 3.11. The summed E-state index contributed by atoms with van der Waals surface area (Å²) >= 11 is 11.6. The van der Waals surface area contributed by atoms with Gasteiger partial charge in [-0.3, -0.25) is 0 Å². The van der Waals surface area contributed by atoms with Crippen LogP contribution in [-0.2, 0) is 0 Å². The van der Waals surface area contributed by atoms with E-state index in [2.05, 4.69) is 23.4 Å². The van der Waals surface area contributed by atoms with Gasteiger partial charge in [0.2, 0.25) is 0 Å². The van der Waals surface area contributed by atoms with Crippen molar-refractivity contribution in [3.63, 3.8) is 0 Å². The molecule has 1 saturated carbocycles. The first-order valence-corrected chi connectivity index (χ1v) is 6.18. The summed E-state index contributed by atoms with van der Waals surface area (Å²) in [4.78, 5) is 3.22. The van der Waals surface area contributed by atoms with Crippen molar-refractivity contribution in [2.75, 3.05) is 0 Å². The molecule has 1 atom stereocenters. The summed E-state index contributed by atoms with van der Waals surface area (Å²) in [5.74, 6) is 0. The molecule has 1 fully saturated rings. The topological polar surface area (TPSA) is 20.7 Å². The van der Waals surface area contributed by atoms with Crippen LogP contribution in [0.5, 0.6) is 0 Å². The number of aromatic amines is 1. The first kappa shape index (κ1) is 10.4. The number of nitrogens with zero attached hydrogens (tertiary/aromatic N) is 1. The predicted octanol–water partition coefficient (Wildman–Crippen LogP) is 4.32. The van der Waals surface area contributed by atoms with Crippen molar-refractivity contribution < 1.29 is 0 Å². The highest BCUT2D eigenvalue weighted by Crippen LogP contribution is 2.56. The second-order valence-electron chi connectivity index (χ2n) is 5.14. The van der Waals surface area contributed by atoms with Gasteiger partial charge in [0.15, 0.2) is 4.77 Å². The fourth-order valence-electron chi connectivity index (χ4n) is 2.32. The first-order valence-electron chi connectivity index (χ1n) is 5.39. The number of hydrogen-bond donors (Lipinski definition) is 1. The summed E-state index contributed by atoms with van der Waals surface area (Å²) in [5.41, 5.74) is 2.41. The number of rotatable bonds is 1. The Morgan fingerprint density at radius 2 is 2.19 bits per heavy atom. The monoisotopic (exact) mass is 252 g/mol. The number of para-hydroxylation sites is 1. The average molecular weight is 253 g/mol. The number of halogens is 1. The molecule has 1 aliphatic carbocycles. The van der Waals surface area contributed by atoms with Crippen LogP contribution in [0.15, 0.2) is 18.2 Å². The Morgan fingerprint density at radius 3 is 2.81 bits per heavy atom. The van der Waals surface area contributed by atoms with Gasteiger partial charge in [-0.25, -0.2) is 0 Å². The normalized spacial score (nSPS) is 22.6. The molecule has 0 bridgehead atoms. The fraction of sp³-hybridized carbons (Fsp3) is 0.417. The highest BCUT2D eigenvalue weighted by molar-refractivity contribution is 7.71. The maximum atomic E-state index is 6.25. The summed E-state index contributed by atoms with van der Waals surface area (Å²) in [6.07, 6.45) is 1.17. The molecule has 0 aliphatic heterocycles. The molecular formula is C12H13ClN2S. The second-order valence-corrected chi connectivity index (χ2v) is 5.94. The molecule has 1 aromatic carbocycles.